The number of hydrogen-bond acceptors (Lipinski definition) is 6. The van der Waals surface area contributed by atoms with Gasteiger partial charge in [-0.3, -0.25) is 14.9 Å². The number of ether oxygens (including phenoxy) is 2. The molecule has 3 rings (SSSR count). The second-order valence-electron chi connectivity index (χ2n) is 6.42. The number of alkyl halides is 3. The van der Waals surface area contributed by atoms with Crippen molar-refractivity contribution in [3.8, 4) is 17.1 Å². The van der Waals surface area contributed by atoms with Gasteiger partial charge < -0.3 is 13.9 Å². The standard InChI is InChI=1S/C22H16F3NO6/c1-30-16-7-5-13(6-8-16)20(28)26-19(27)12-31-21(29)18-10-9-17(32-18)14-3-2-4-15(11-14)22(23,24)25/h2-11H,12H2,1H3,(H,26,27,28). The van der Waals surface area contributed by atoms with Gasteiger partial charge in [-0.15, -0.1) is 0 Å². The van der Waals surface area contributed by atoms with E-state index in [0.29, 0.717) is 5.75 Å². The normalized spacial score (nSPS) is 11.0. The molecule has 0 aliphatic heterocycles. The molecule has 3 aromatic rings. The van der Waals surface area contributed by atoms with E-state index < -0.39 is 36.1 Å². The molecule has 0 aliphatic rings. The van der Waals surface area contributed by atoms with Crippen LogP contribution in [0.4, 0.5) is 13.2 Å². The number of esters is 1. The number of nitrogens with one attached hydrogen (secondary N) is 1. The number of benzene rings is 2. The van der Waals surface area contributed by atoms with Crippen molar-refractivity contribution in [2.24, 2.45) is 0 Å². The van der Waals surface area contributed by atoms with E-state index in [0.717, 1.165) is 12.1 Å². The van der Waals surface area contributed by atoms with E-state index in [1.54, 1.807) is 0 Å². The molecule has 2 aromatic carbocycles. The second-order valence-corrected chi connectivity index (χ2v) is 6.42. The molecule has 0 fully saturated rings. The summed E-state index contributed by atoms with van der Waals surface area (Å²) in [5.74, 6) is -2.35. The largest absolute Gasteiger partial charge is 0.497 e. The van der Waals surface area contributed by atoms with Gasteiger partial charge in [-0.05, 0) is 48.5 Å². The highest BCUT2D eigenvalue weighted by Crippen LogP contribution is 2.32. The smallest absolute Gasteiger partial charge is 0.416 e. The molecule has 0 saturated heterocycles. The molecular formula is C22H16F3NO6. The maximum absolute atomic E-state index is 12.9. The Bertz CT molecular complexity index is 1140. The molecule has 0 atom stereocenters. The van der Waals surface area contributed by atoms with Crippen LogP contribution in [0.1, 0.15) is 26.5 Å². The summed E-state index contributed by atoms with van der Waals surface area (Å²) in [7, 11) is 1.47. The third kappa shape index (κ3) is 5.54. The topological polar surface area (TPSA) is 94.8 Å². The molecule has 2 amide bonds. The summed E-state index contributed by atoms with van der Waals surface area (Å²) in [6, 6.07) is 12.9. The van der Waals surface area contributed by atoms with Crippen LogP contribution < -0.4 is 10.1 Å². The van der Waals surface area contributed by atoms with Crippen molar-refractivity contribution < 1.29 is 41.4 Å². The summed E-state index contributed by atoms with van der Waals surface area (Å²) < 4.78 is 53.6. The maximum atomic E-state index is 12.9. The predicted octanol–water partition coefficient (Wildman–Crippen LogP) is 4.09. The van der Waals surface area contributed by atoms with Crippen molar-refractivity contribution in [3.05, 3.63) is 77.6 Å². The van der Waals surface area contributed by atoms with Crippen molar-refractivity contribution in [3.63, 3.8) is 0 Å². The van der Waals surface area contributed by atoms with Crippen LogP contribution in [0.3, 0.4) is 0 Å². The van der Waals surface area contributed by atoms with Crippen molar-refractivity contribution in [1.29, 1.82) is 0 Å². The molecule has 1 aromatic heterocycles. The van der Waals surface area contributed by atoms with Gasteiger partial charge in [0.05, 0.1) is 12.7 Å². The van der Waals surface area contributed by atoms with Gasteiger partial charge >= 0.3 is 12.1 Å². The average molecular weight is 447 g/mol. The van der Waals surface area contributed by atoms with Gasteiger partial charge in [0.25, 0.3) is 11.8 Å². The van der Waals surface area contributed by atoms with Gasteiger partial charge in [-0.2, -0.15) is 13.2 Å². The molecule has 32 heavy (non-hydrogen) atoms. The molecule has 0 unspecified atom stereocenters. The fourth-order valence-electron chi connectivity index (χ4n) is 2.63. The lowest BCUT2D eigenvalue weighted by atomic mass is 10.1. The first-order valence-corrected chi connectivity index (χ1v) is 9.10. The lowest BCUT2D eigenvalue weighted by Gasteiger charge is -2.07. The molecule has 1 N–H and O–H groups in total. The van der Waals surface area contributed by atoms with Crippen molar-refractivity contribution in [1.82, 2.24) is 5.32 Å². The Balaban J connectivity index is 1.57. The van der Waals surface area contributed by atoms with Gasteiger partial charge in [0.1, 0.15) is 11.5 Å². The second kappa shape index (κ2) is 9.38. The van der Waals surface area contributed by atoms with Gasteiger partial charge in [0, 0.05) is 11.1 Å². The van der Waals surface area contributed by atoms with E-state index in [-0.39, 0.29) is 22.6 Å². The number of rotatable bonds is 6. The predicted molar refractivity (Wildman–Crippen MR) is 105 cm³/mol. The molecule has 0 spiro atoms. The Morgan fingerprint density at radius 2 is 1.72 bits per heavy atom. The van der Waals surface area contributed by atoms with Crippen LogP contribution in [0.15, 0.2) is 65.1 Å². The fourth-order valence-corrected chi connectivity index (χ4v) is 2.63. The van der Waals surface area contributed by atoms with E-state index in [2.05, 4.69) is 5.32 Å². The summed E-state index contributed by atoms with van der Waals surface area (Å²) in [5, 5.41) is 2.06. The van der Waals surface area contributed by atoms with Crippen LogP contribution in [0.5, 0.6) is 5.75 Å². The number of carbonyl (C=O) groups excluding carboxylic acids is 3. The van der Waals surface area contributed by atoms with Crippen LogP contribution in [0, 0.1) is 0 Å². The molecule has 0 radical (unpaired) electrons. The van der Waals surface area contributed by atoms with Crippen LogP contribution in [0.2, 0.25) is 0 Å². The van der Waals surface area contributed by atoms with E-state index in [4.69, 9.17) is 13.9 Å². The fraction of sp³-hybridized carbons (Fsp3) is 0.136. The molecule has 0 bridgehead atoms. The Morgan fingerprint density at radius 3 is 2.38 bits per heavy atom. The van der Waals surface area contributed by atoms with E-state index in [1.165, 1.54) is 55.6 Å². The zero-order valence-corrected chi connectivity index (χ0v) is 16.6. The summed E-state index contributed by atoms with van der Waals surface area (Å²) in [5.41, 5.74) is -0.558. The van der Waals surface area contributed by atoms with Crippen molar-refractivity contribution in [2.75, 3.05) is 13.7 Å². The lowest BCUT2D eigenvalue weighted by Crippen LogP contribution is -2.34. The molecule has 7 nitrogen and oxygen atoms in total. The zero-order valence-electron chi connectivity index (χ0n) is 16.6. The highest BCUT2D eigenvalue weighted by atomic mass is 19.4. The van der Waals surface area contributed by atoms with Crippen LogP contribution in [-0.4, -0.2) is 31.5 Å². The van der Waals surface area contributed by atoms with Gasteiger partial charge in [0.2, 0.25) is 5.76 Å². The number of hydrogen-bond donors (Lipinski definition) is 1. The van der Waals surface area contributed by atoms with E-state index in [1.807, 2.05) is 0 Å². The summed E-state index contributed by atoms with van der Waals surface area (Å²) >= 11 is 0. The summed E-state index contributed by atoms with van der Waals surface area (Å²) in [6.07, 6.45) is -4.53. The van der Waals surface area contributed by atoms with Gasteiger partial charge in [-0.1, -0.05) is 12.1 Å². The van der Waals surface area contributed by atoms with Crippen molar-refractivity contribution in [2.45, 2.75) is 6.18 Å². The average Bonchev–Trinajstić information content (AvgIpc) is 3.27. The SMILES string of the molecule is COc1ccc(C(=O)NC(=O)COC(=O)c2ccc(-c3cccc(C(F)(F)F)c3)o2)cc1. The molecule has 0 aliphatic carbocycles. The molecular weight excluding hydrogens is 431 g/mol. The Labute approximate surface area is 179 Å². The number of methoxy groups -OCH3 is 1. The molecule has 166 valence electrons. The van der Waals surface area contributed by atoms with Crippen LogP contribution >= 0.6 is 0 Å². The Kier molecular flexibility index (Phi) is 6.62. The van der Waals surface area contributed by atoms with Gasteiger partial charge in [-0.25, -0.2) is 4.79 Å². The quantitative estimate of drug-likeness (QED) is 0.572. The first-order chi connectivity index (χ1) is 15.2. The Hall–Kier alpha value is -4.08. The number of amides is 2. The summed E-state index contributed by atoms with van der Waals surface area (Å²) in [6.45, 7) is -0.764. The summed E-state index contributed by atoms with van der Waals surface area (Å²) in [4.78, 5) is 36.0. The third-order valence-electron chi connectivity index (χ3n) is 4.22. The van der Waals surface area contributed by atoms with Crippen molar-refractivity contribution >= 4 is 17.8 Å². The maximum Gasteiger partial charge on any atom is 0.416 e. The van der Waals surface area contributed by atoms with Crippen LogP contribution in [0.25, 0.3) is 11.3 Å². The number of halogens is 3. The van der Waals surface area contributed by atoms with Crippen LogP contribution in [-0.2, 0) is 15.7 Å². The number of imide groups is 1. The minimum absolute atomic E-state index is 0.0159. The minimum atomic E-state index is -4.53. The lowest BCUT2D eigenvalue weighted by molar-refractivity contribution is -0.137. The number of furan rings is 1. The minimum Gasteiger partial charge on any atom is -0.497 e. The highest BCUT2D eigenvalue weighted by molar-refractivity contribution is 6.05. The zero-order chi connectivity index (χ0) is 23.3. The molecule has 0 saturated carbocycles. The molecule has 10 heteroatoms. The van der Waals surface area contributed by atoms with Gasteiger partial charge in [0.15, 0.2) is 6.61 Å². The third-order valence-corrected chi connectivity index (χ3v) is 4.22. The first kappa shape index (κ1) is 22.6. The van der Waals surface area contributed by atoms with E-state index >= 15 is 0 Å². The highest BCUT2D eigenvalue weighted by Gasteiger charge is 2.30. The molecule has 1 heterocycles. The number of carbonyl (C=O) groups is 3. The monoisotopic (exact) mass is 447 g/mol. The Morgan fingerprint density at radius 1 is 1.00 bits per heavy atom. The first-order valence-electron chi connectivity index (χ1n) is 9.10. The van der Waals surface area contributed by atoms with E-state index in [9.17, 15) is 27.6 Å².